The number of likely N-dealkylation sites (tertiary alicyclic amines) is 1. The lowest BCUT2D eigenvalue weighted by Crippen LogP contribution is -2.40. The summed E-state index contributed by atoms with van der Waals surface area (Å²) in [6.07, 6.45) is 3.36. The van der Waals surface area contributed by atoms with Crippen LogP contribution in [0.25, 0.3) is 0 Å². The van der Waals surface area contributed by atoms with E-state index in [1.165, 1.54) is 19.3 Å². The van der Waals surface area contributed by atoms with Gasteiger partial charge in [-0.05, 0) is 44.0 Å². The number of piperidine rings is 1. The van der Waals surface area contributed by atoms with Crippen molar-refractivity contribution in [3.63, 3.8) is 0 Å². The van der Waals surface area contributed by atoms with E-state index in [1.54, 1.807) is 0 Å². The number of β-amino-alcohol motifs (C(OH)–C–C–N with tert-alkyl or cyclic N) is 1. The highest BCUT2D eigenvalue weighted by Gasteiger charge is 2.21. The highest BCUT2D eigenvalue weighted by molar-refractivity contribution is 5.41. The van der Waals surface area contributed by atoms with Crippen LogP contribution in [-0.2, 0) is 0 Å². The number of nitrogens with zero attached hydrogens (tertiary/aromatic N) is 1. The van der Waals surface area contributed by atoms with E-state index in [-0.39, 0.29) is 0 Å². The molecular formula is C14H22N2O. The lowest BCUT2D eigenvalue weighted by molar-refractivity contribution is 0.0733. The Hall–Kier alpha value is -1.06. The number of aliphatic hydroxyl groups is 1. The molecule has 3 nitrogen and oxygen atoms in total. The van der Waals surface area contributed by atoms with E-state index in [1.807, 2.05) is 24.3 Å². The molecule has 2 rings (SSSR count). The summed E-state index contributed by atoms with van der Waals surface area (Å²) in [4.78, 5) is 2.37. The number of rotatable bonds is 3. The maximum atomic E-state index is 10.2. The van der Waals surface area contributed by atoms with Gasteiger partial charge in [-0.3, -0.25) is 4.90 Å². The van der Waals surface area contributed by atoms with Crippen molar-refractivity contribution in [2.24, 2.45) is 0 Å². The van der Waals surface area contributed by atoms with E-state index in [0.717, 1.165) is 12.1 Å². The lowest BCUT2D eigenvalue weighted by atomic mass is 10.0. The Bertz CT molecular complexity index is 367. The van der Waals surface area contributed by atoms with Gasteiger partial charge in [-0.25, -0.2) is 0 Å². The van der Waals surface area contributed by atoms with Gasteiger partial charge >= 0.3 is 0 Å². The molecule has 0 radical (unpaired) electrons. The molecule has 0 bridgehead atoms. The first-order valence-corrected chi connectivity index (χ1v) is 6.44. The number of nitrogen functional groups attached to an aromatic ring is 1. The van der Waals surface area contributed by atoms with Crippen LogP contribution in [0.2, 0.25) is 0 Å². The number of hydrogen-bond acceptors (Lipinski definition) is 3. The van der Waals surface area contributed by atoms with Crippen LogP contribution in [0.1, 0.15) is 37.9 Å². The standard InChI is InChI=1S/C14H22N2O/c1-11-5-2-3-8-16(11)10-14(17)12-6-4-7-13(15)9-12/h4,6-7,9,11,14,17H,2-3,5,8,10,15H2,1H3. The minimum Gasteiger partial charge on any atom is -0.399 e. The van der Waals surface area contributed by atoms with E-state index in [4.69, 9.17) is 5.73 Å². The largest absolute Gasteiger partial charge is 0.399 e. The summed E-state index contributed by atoms with van der Waals surface area (Å²) in [5.74, 6) is 0. The van der Waals surface area contributed by atoms with Crippen molar-refractivity contribution in [3.05, 3.63) is 29.8 Å². The fourth-order valence-electron chi connectivity index (χ4n) is 2.52. The molecule has 2 atom stereocenters. The van der Waals surface area contributed by atoms with Gasteiger partial charge in [0.05, 0.1) is 6.10 Å². The summed E-state index contributed by atoms with van der Waals surface area (Å²) in [5, 5.41) is 10.2. The molecule has 3 heteroatoms. The lowest BCUT2D eigenvalue weighted by Gasteiger charge is -2.34. The molecular weight excluding hydrogens is 212 g/mol. The molecule has 17 heavy (non-hydrogen) atoms. The molecule has 1 heterocycles. The molecule has 0 aliphatic carbocycles. The minimum atomic E-state index is -0.431. The summed E-state index contributed by atoms with van der Waals surface area (Å²) >= 11 is 0. The Morgan fingerprint density at radius 1 is 1.47 bits per heavy atom. The Labute approximate surface area is 103 Å². The highest BCUT2D eigenvalue weighted by atomic mass is 16.3. The van der Waals surface area contributed by atoms with Crippen LogP contribution in [0.4, 0.5) is 5.69 Å². The molecule has 1 aromatic carbocycles. The quantitative estimate of drug-likeness (QED) is 0.788. The first kappa shape index (κ1) is 12.4. The fraction of sp³-hybridized carbons (Fsp3) is 0.571. The van der Waals surface area contributed by atoms with Crippen LogP contribution in [-0.4, -0.2) is 29.1 Å². The molecule has 2 unspecified atom stereocenters. The summed E-state index contributed by atoms with van der Waals surface area (Å²) in [7, 11) is 0. The van der Waals surface area contributed by atoms with E-state index >= 15 is 0 Å². The molecule has 0 amide bonds. The second-order valence-electron chi connectivity index (χ2n) is 5.03. The Morgan fingerprint density at radius 2 is 2.29 bits per heavy atom. The van der Waals surface area contributed by atoms with Crippen molar-refractivity contribution in [2.75, 3.05) is 18.8 Å². The van der Waals surface area contributed by atoms with Gasteiger partial charge < -0.3 is 10.8 Å². The minimum absolute atomic E-state index is 0.431. The zero-order valence-electron chi connectivity index (χ0n) is 10.5. The average Bonchev–Trinajstić information content (AvgIpc) is 2.32. The first-order valence-electron chi connectivity index (χ1n) is 6.44. The molecule has 1 aromatic rings. The SMILES string of the molecule is CC1CCCCN1CC(O)c1cccc(N)c1. The van der Waals surface area contributed by atoms with E-state index in [9.17, 15) is 5.11 Å². The number of hydrogen-bond donors (Lipinski definition) is 2. The van der Waals surface area contributed by atoms with Gasteiger partial charge in [0.2, 0.25) is 0 Å². The van der Waals surface area contributed by atoms with Crippen molar-refractivity contribution in [1.82, 2.24) is 4.90 Å². The van der Waals surface area contributed by atoms with Crippen LogP contribution in [0.15, 0.2) is 24.3 Å². The third-order valence-corrected chi connectivity index (χ3v) is 3.64. The monoisotopic (exact) mass is 234 g/mol. The predicted octanol–water partition coefficient (Wildman–Crippen LogP) is 2.18. The molecule has 3 N–H and O–H groups in total. The van der Waals surface area contributed by atoms with Gasteiger partial charge in [0, 0.05) is 18.3 Å². The molecule has 0 saturated carbocycles. The van der Waals surface area contributed by atoms with Gasteiger partial charge in [-0.2, -0.15) is 0 Å². The van der Waals surface area contributed by atoms with Crippen LogP contribution >= 0.6 is 0 Å². The van der Waals surface area contributed by atoms with Gasteiger partial charge in [0.25, 0.3) is 0 Å². The first-order chi connectivity index (χ1) is 8.16. The molecule has 94 valence electrons. The molecule has 0 aromatic heterocycles. The van der Waals surface area contributed by atoms with Crippen LogP contribution in [0, 0.1) is 0 Å². The normalized spacial score (nSPS) is 23.5. The van der Waals surface area contributed by atoms with Gasteiger partial charge in [0.15, 0.2) is 0 Å². The molecule has 0 spiro atoms. The third kappa shape index (κ3) is 3.20. The highest BCUT2D eigenvalue weighted by Crippen LogP contribution is 2.22. The number of anilines is 1. The zero-order chi connectivity index (χ0) is 12.3. The summed E-state index contributed by atoms with van der Waals surface area (Å²) < 4.78 is 0. The van der Waals surface area contributed by atoms with Crippen LogP contribution in [0.5, 0.6) is 0 Å². The van der Waals surface area contributed by atoms with Crippen molar-refractivity contribution in [1.29, 1.82) is 0 Å². The summed E-state index contributed by atoms with van der Waals surface area (Å²) in [5.41, 5.74) is 7.37. The second-order valence-corrected chi connectivity index (χ2v) is 5.03. The molecule has 1 aliphatic heterocycles. The zero-order valence-corrected chi connectivity index (χ0v) is 10.5. The molecule has 1 fully saturated rings. The van der Waals surface area contributed by atoms with Crippen molar-refractivity contribution in [2.45, 2.75) is 38.3 Å². The van der Waals surface area contributed by atoms with Crippen molar-refractivity contribution >= 4 is 5.69 Å². The number of nitrogens with two attached hydrogens (primary N) is 1. The third-order valence-electron chi connectivity index (χ3n) is 3.64. The van der Waals surface area contributed by atoms with E-state index in [0.29, 0.717) is 18.3 Å². The molecule has 1 saturated heterocycles. The Kier molecular flexibility index (Phi) is 4.02. The van der Waals surface area contributed by atoms with Crippen LogP contribution < -0.4 is 5.73 Å². The summed E-state index contributed by atoms with van der Waals surface area (Å²) in [6, 6.07) is 8.13. The van der Waals surface area contributed by atoms with Crippen LogP contribution in [0.3, 0.4) is 0 Å². The van der Waals surface area contributed by atoms with E-state index in [2.05, 4.69) is 11.8 Å². The van der Waals surface area contributed by atoms with Crippen molar-refractivity contribution in [3.8, 4) is 0 Å². The predicted molar refractivity (Wildman–Crippen MR) is 70.7 cm³/mol. The Morgan fingerprint density at radius 3 is 3.00 bits per heavy atom. The van der Waals surface area contributed by atoms with Gasteiger partial charge in [-0.15, -0.1) is 0 Å². The number of benzene rings is 1. The fourth-order valence-corrected chi connectivity index (χ4v) is 2.52. The summed E-state index contributed by atoms with van der Waals surface area (Å²) in [6.45, 7) is 4.05. The Balaban J connectivity index is 1.98. The maximum Gasteiger partial charge on any atom is 0.0917 e. The van der Waals surface area contributed by atoms with Gasteiger partial charge in [0.1, 0.15) is 0 Å². The second kappa shape index (κ2) is 5.52. The van der Waals surface area contributed by atoms with Crippen molar-refractivity contribution < 1.29 is 5.11 Å². The number of aliphatic hydroxyl groups excluding tert-OH is 1. The smallest absolute Gasteiger partial charge is 0.0917 e. The maximum absolute atomic E-state index is 10.2. The molecule has 1 aliphatic rings. The topological polar surface area (TPSA) is 49.5 Å². The van der Waals surface area contributed by atoms with Gasteiger partial charge in [-0.1, -0.05) is 18.6 Å². The average molecular weight is 234 g/mol. The van der Waals surface area contributed by atoms with E-state index < -0.39 is 6.10 Å².